The highest BCUT2D eigenvalue weighted by molar-refractivity contribution is 5.68. The summed E-state index contributed by atoms with van der Waals surface area (Å²) in [6.07, 6.45) is 7.99. The maximum Gasteiger partial charge on any atom is 0.410 e. The number of carbonyl (C=O) groups excluding carboxylic acids is 2. The molecule has 13 atom stereocenters. The number of aliphatic hydroxyl groups is 1. The summed E-state index contributed by atoms with van der Waals surface area (Å²) < 4.78 is 19.2. The number of hydrogen-bond acceptors (Lipinski definition) is 6. The zero-order valence-corrected chi connectivity index (χ0v) is 29.4. The summed E-state index contributed by atoms with van der Waals surface area (Å²) in [4.78, 5) is 28.8. The Labute approximate surface area is 271 Å². The van der Waals surface area contributed by atoms with E-state index in [4.69, 9.17) is 14.2 Å². The smallest absolute Gasteiger partial charge is 0.410 e. The number of hydrogen-bond donors (Lipinski definition) is 1. The highest BCUT2D eigenvalue weighted by Crippen LogP contribution is 2.89. The molecule has 4 unspecified atom stereocenters. The minimum Gasteiger partial charge on any atom is -0.446 e. The monoisotopic (exact) mass is 628 g/mol. The number of fused-ring (bicyclic) bond motifs is 4. The van der Waals surface area contributed by atoms with Crippen molar-refractivity contribution in [2.24, 2.45) is 56.7 Å². The third-order valence-electron chi connectivity index (χ3n) is 15.7. The van der Waals surface area contributed by atoms with E-state index < -0.39 is 6.10 Å². The molecule has 7 fully saturated rings. The summed E-state index contributed by atoms with van der Waals surface area (Å²) in [5.74, 6) is 1.78. The van der Waals surface area contributed by atoms with Crippen LogP contribution in [0.5, 0.6) is 0 Å². The van der Waals surface area contributed by atoms with Crippen LogP contribution >= 0.6 is 0 Å². The molecule has 0 bridgehead atoms. The lowest BCUT2D eigenvalue weighted by Crippen LogP contribution is -2.60. The minimum atomic E-state index is -0.543. The van der Waals surface area contributed by atoms with Gasteiger partial charge < -0.3 is 29.1 Å². The Morgan fingerprint density at radius 2 is 1.64 bits per heavy atom. The van der Waals surface area contributed by atoms with Crippen LogP contribution in [0, 0.1) is 56.7 Å². The molecule has 0 radical (unpaired) electrons. The van der Waals surface area contributed by atoms with Crippen molar-refractivity contribution in [2.75, 3.05) is 27.2 Å². The third-order valence-corrected chi connectivity index (χ3v) is 15.7. The molecule has 254 valence electrons. The van der Waals surface area contributed by atoms with Crippen LogP contribution in [-0.4, -0.2) is 84.8 Å². The quantitative estimate of drug-likeness (QED) is 0.371. The Morgan fingerprint density at radius 1 is 0.978 bits per heavy atom. The molecule has 0 aromatic rings. The van der Waals surface area contributed by atoms with Gasteiger partial charge in [0.15, 0.2) is 0 Å². The van der Waals surface area contributed by atoms with Gasteiger partial charge in [-0.05, 0) is 104 Å². The van der Waals surface area contributed by atoms with Gasteiger partial charge in [0.1, 0.15) is 12.2 Å². The summed E-state index contributed by atoms with van der Waals surface area (Å²) in [7, 11) is 3.53. The van der Waals surface area contributed by atoms with Gasteiger partial charge in [-0.3, -0.25) is 0 Å². The second-order valence-corrected chi connectivity index (χ2v) is 18.3. The maximum absolute atomic E-state index is 12.9. The van der Waals surface area contributed by atoms with Crippen LogP contribution in [0.3, 0.4) is 0 Å². The molecule has 1 N–H and O–H groups in total. The number of carbonyl (C=O) groups is 2. The zero-order valence-electron chi connectivity index (χ0n) is 29.4. The number of ether oxygens (including phenoxy) is 3. The first kappa shape index (κ1) is 32.0. The van der Waals surface area contributed by atoms with Crippen LogP contribution in [0.2, 0.25) is 0 Å². The molecule has 5 saturated carbocycles. The van der Waals surface area contributed by atoms with E-state index >= 15 is 0 Å². The Bertz CT molecular complexity index is 1220. The number of nitrogens with zero attached hydrogens (tertiary/aromatic N) is 2. The molecular weight excluding hydrogens is 568 g/mol. The predicted molar refractivity (Wildman–Crippen MR) is 171 cm³/mol. The average Bonchev–Trinajstić information content (AvgIpc) is 3.56. The van der Waals surface area contributed by atoms with Gasteiger partial charge in [-0.25, -0.2) is 9.59 Å². The Kier molecular flexibility index (Phi) is 7.28. The van der Waals surface area contributed by atoms with Crippen LogP contribution in [0.1, 0.15) is 106 Å². The van der Waals surface area contributed by atoms with Crippen molar-refractivity contribution in [3.05, 3.63) is 0 Å². The van der Waals surface area contributed by atoms with Crippen molar-refractivity contribution >= 4 is 12.2 Å². The van der Waals surface area contributed by atoms with Crippen molar-refractivity contribution in [1.29, 1.82) is 0 Å². The third kappa shape index (κ3) is 4.08. The topological polar surface area (TPSA) is 88.5 Å². The average molecular weight is 629 g/mol. The summed E-state index contributed by atoms with van der Waals surface area (Å²) >= 11 is 0. The Balaban J connectivity index is 1.15. The summed E-state index contributed by atoms with van der Waals surface area (Å²) in [5.41, 5.74) is 0.206. The molecule has 7 rings (SSSR count). The lowest BCUT2D eigenvalue weighted by molar-refractivity contribution is -0.185. The lowest BCUT2D eigenvalue weighted by Gasteiger charge is -2.63. The Morgan fingerprint density at radius 3 is 2.27 bits per heavy atom. The molecule has 0 aromatic carbocycles. The second kappa shape index (κ2) is 10.2. The number of rotatable bonds is 4. The van der Waals surface area contributed by atoms with E-state index in [9.17, 15) is 14.7 Å². The van der Waals surface area contributed by atoms with Crippen LogP contribution < -0.4 is 0 Å². The van der Waals surface area contributed by atoms with Crippen molar-refractivity contribution in [3.63, 3.8) is 0 Å². The molecule has 2 amide bonds. The molecule has 5 aliphatic carbocycles. The van der Waals surface area contributed by atoms with E-state index in [2.05, 4.69) is 48.5 Å². The molecule has 2 spiro atoms. The number of likely N-dealkylation sites (tertiary alicyclic amines) is 1. The van der Waals surface area contributed by atoms with Gasteiger partial charge in [-0.15, -0.1) is 0 Å². The van der Waals surface area contributed by atoms with Crippen LogP contribution in [0.15, 0.2) is 0 Å². The van der Waals surface area contributed by atoms with Gasteiger partial charge >= 0.3 is 12.2 Å². The lowest BCUT2D eigenvalue weighted by atomic mass is 9.41. The standard InChI is InChI=1S/C37H60N2O6/c1-21(2)28(45-32(42)39-17-10-18-39)23-19-22(3)27-29(43-23)30(40)35(7)25-12-11-24-33(4,5)26(44-31(41)38(8)9)13-14-36(24)20-37(25,36)16-15-34(27,35)6/h21-30,40H,10-20H2,1-9H3/t22-,23?,24+,25?,26?,27+,28-,29?,30+,34-,35-,36-,37+/m1/s1. The first-order valence-corrected chi connectivity index (χ1v) is 18.2. The first-order valence-electron chi connectivity index (χ1n) is 18.2. The highest BCUT2D eigenvalue weighted by Gasteiger charge is 2.84. The van der Waals surface area contributed by atoms with Gasteiger partial charge in [-0.1, -0.05) is 48.5 Å². The largest absolute Gasteiger partial charge is 0.446 e. The van der Waals surface area contributed by atoms with Crippen LogP contribution in [-0.2, 0) is 14.2 Å². The molecule has 7 aliphatic rings. The van der Waals surface area contributed by atoms with Crippen molar-refractivity contribution in [2.45, 2.75) is 137 Å². The molecular formula is C37H60N2O6. The van der Waals surface area contributed by atoms with Crippen LogP contribution in [0.4, 0.5) is 9.59 Å². The summed E-state index contributed by atoms with van der Waals surface area (Å²) in [5, 5.41) is 12.6. The Hall–Kier alpha value is -1.54. The summed E-state index contributed by atoms with van der Waals surface area (Å²) in [6, 6.07) is 0. The minimum absolute atomic E-state index is 0.0103. The van der Waals surface area contributed by atoms with E-state index in [-0.39, 0.29) is 75.5 Å². The number of aliphatic hydroxyl groups excluding tert-OH is 1. The van der Waals surface area contributed by atoms with E-state index in [0.717, 1.165) is 58.0 Å². The number of amides is 2. The molecule has 2 aliphatic heterocycles. The van der Waals surface area contributed by atoms with E-state index in [1.807, 2.05) is 0 Å². The predicted octanol–water partition coefficient (Wildman–Crippen LogP) is 6.73. The first-order chi connectivity index (χ1) is 21.0. The highest BCUT2D eigenvalue weighted by atomic mass is 16.6. The maximum atomic E-state index is 12.9. The molecule has 2 saturated heterocycles. The molecule has 0 aromatic heterocycles. The fourth-order valence-electron chi connectivity index (χ4n) is 13.3. The molecule has 8 nitrogen and oxygen atoms in total. The van der Waals surface area contributed by atoms with E-state index in [1.54, 1.807) is 23.9 Å². The fraction of sp³-hybridized carbons (Fsp3) is 0.946. The van der Waals surface area contributed by atoms with Crippen LogP contribution in [0.25, 0.3) is 0 Å². The van der Waals surface area contributed by atoms with Gasteiger partial charge in [0.25, 0.3) is 0 Å². The van der Waals surface area contributed by atoms with Crippen molar-refractivity contribution < 1.29 is 28.9 Å². The van der Waals surface area contributed by atoms with Gasteiger partial charge in [0, 0.05) is 38.0 Å². The summed E-state index contributed by atoms with van der Waals surface area (Å²) in [6.45, 7) is 17.8. The van der Waals surface area contributed by atoms with Crippen molar-refractivity contribution in [1.82, 2.24) is 9.80 Å². The normalized spacial score (nSPS) is 49.7. The van der Waals surface area contributed by atoms with E-state index in [1.165, 1.54) is 12.8 Å². The van der Waals surface area contributed by atoms with Gasteiger partial charge in [-0.2, -0.15) is 0 Å². The zero-order chi connectivity index (χ0) is 32.5. The molecule has 45 heavy (non-hydrogen) atoms. The van der Waals surface area contributed by atoms with Crippen molar-refractivity contribution in [3.8, 4) is 0 Å². The van der Waals surface area contributed by atoms with E-state index in [0.29, 0.717) is 17.8 Å². The fourth-order valence-corrected chi connectivity index (χ4v) is 13.3. The SMILES string of the molecule is CC(C)[C@@H](OC(=O)N1CCC1)C1C[C@@H](C)[C@H]2C(O1)[C@H](O)[C@@]1(C)C3CC[C@H]4C(C)(C)C(OC(=O)N(C)C)CC[C@@]45C[C@@]35CC[C@]21C. The second-order valence-electron chi connectivity index (χ2n) is 18.3. The van der Waals surface area contributed by atoms with Gasteiger partial charge in [0.05, 0.1) is 18.3 Å². The van der Waals surface area contributed by atoms with Gasteiger partial charge in [0.2, 0.25) is 0 Å². The molecule has 8 heteroatoms. The molecule has 2 heterocycles.